The number of pyridine rings is 2. The van der Waals surface area contributed by atoms with E-state index in [1.807, 2.05) is 20.8 Å². The zero-order valence-corrected chi connectivity index (χ0v) is 29.7. The fraction of sp³-hybridized carbons (Fsp3) is 0.541. The third kappa shape index (κ3) is 8.22. The van der Waals surface area contributed by atoms with Crippen LogP contribution in [-0.4, -0.2) is 46.1 Å². The minimum absolute atomic E-state index is 0.0512. The second-order valence-electron chi connectivity index (χ2n) is 14.3. The molecule has 0 N–H and O–H groups in total. The summed E-state index contributed by atoms with van der Waals surface area (Å²) in [4.78, 5) is 34.4. The number of carbonyl (C=O) groups is 2. The Labute approximate surface area is 288 Å². The average Bonchev–Trinajstić information content (AvgIpc) is 3.08. The topological polar surface area (TPSA) is 136 Å². The maximum atomic E-state index is 14.2. The standard InChI is InChI=1S/C37H46N3O8P/c1-6-37(4,5)36(42)45-31-18-23(2)17-25-12-11-24(3)30(33(25)31)14-13-28-19-29(20-32(41)44-28)47-49(43)40-34(26-9-7-15-38-21-26)46-35(48-49)27-10-8-16-39-22-27/h7-12,15-17,21-24,28-31,33,35H,6,13-14,18-20H2,1-5H3/t23-,24-,28-,29+,30-,31-,33?,35?,49?/m0/s1. The molecule has 1 saturated heterocycles. The van der Waals surface area contributed by atoms with Gasteiger partial charge in [-0.15, -0.1) is 4.76 Å². The molecule has 9 atom stereocenters. The Morgan fingerprint density at radius 1 is 1.06 bits per heavy atom. The smallest absolute Gasteiger partial charge is 0.460 e. The Hall–Kier alpha value is -3.66. The first-order valence-electron chi connectivity index (χ1n) is 17.3. The largest absolute Gasteiger partial charge is 0.462 e. The van der Waals surface area contributed by atoms with E-state index in [4.69, 9.17) is 23.3 Å². The van der Waals surface area contributed by atoms with Crippen molar-refractivity contribution in [1.29, 1.82) is 0 Å². The number of rotatable bonds is 10. The van der Waals surface area contributed by atoms with Gasteiger partial charge in [-0.25, -0.2) is 9.09 Å². The summed E-state index contributed by atoms with van der Waals surface area (Å²) >= 11 is 0. The number of esters is 2. The van der Waals surface area contributed by atoms with Crippen molar-refractivity contribution in [2.75, 3.05) is 0 Å². The predicted octanol–water partition coefficient (Wildman–Crippen LogP) is 7.70. The lowest BCUT2D eigenvalue weighted by Gasteiger charge is -2.44. The van der Waals surface area contributed by atoms with Crippen molar-refractivity contribution in [1.82, 2.24) is 9.97 Å². The summed E-state index contributed by atoms with van der Waals surface area (Å²) in [7, 11) is -4.16. The summed E-state index contributed by atoms with van der Waals surface area (Å²) < 4.78 is 48.4. The predicted molar refractivity (Wildman–Crippen MR) is 182 cm³/mol. The number of fused-ring (bicyclic) bond motifs is 1. The first kappa shape index (κ1) is 35.2. The van der Waals surface area contributed by atoms with Crippen molar-refractivity contribution >= 4 is 25.6 Å². The molecule has 2 aliphatic heterocycles. The molecule has 0 amide bonds. The molecule has 2 aromatic rings. The van der Waals surface area contributed by atoms with Crippen molar-refractivity contribution in [3.05, 3.63) is 84.0 Å². The van der Waals surface area contributed by atoms with Crippen LogP contribution in [0.2, 0.25) is 0 Å². The van der Waals surface area contributed by atoms with Gasteiger partial charge in [0.1, 0.15) is 12.2 Å². The quantitative estimate of drug-likeness (QED) is 0.180. The number of carbonyl (C=O) groups excluding carboxylic acids is 2. The van der Waals surface area contributed by atoms with E-state index >= 15 is 0 Å². The van der Waals surface area contributed by atoms with Gasteiger partial charge >= 0.3 is 19.7 Å². The molecule has 2 aliphatic carbocycles. The van der Waals surface area contributed by atoms with Crippen LogP contribution in [0.3, 0.4) is 0 Å². The molecule has 2 aromatic heterocycles. The third-order valence-electron chi connectivity index (χ3n) is 10.1. The Bertz CT molecular complexity index is 1650. The van der Waals surface area contributed by atoms with Crippen LogP contribution in [0, 0.1) is 29.1 Å². The molecular formula is C37H46N3O8P. The molecule has 12 heteroatoms. The number of aromatic nitrogens is 2. The number of nitrogens with zero attached hydrogens (tertiary/aromatic N) is 3. The summed E-state index contributed by atoms with van der Waals surface area (Å²) in [5.41, 5.74) is 1.69. The molecule has 11 nitrogen and oxygen atoms in total. The highest BCUT2D eigenvalue weighted by Crippen LogP contribution is 2.58. The normalized spacial score (nSPS) is 33.0. The van der Waals surface area contributed by atoms with Gasteiger partial charge in [-0.2, -0.15) is 0 Å². The van der Waals surface area contributed by atoms with E-state index in [1.54, 1.807) is 49.1 Å². The highest BCUT2D eigenvalue weighted by Gasteiger charge is 2.45. The van der Waals surface area contributed by atoms with E-state index in [9.17, 15) is 14.2 Å². The van der Waals surface area contributed by atoms with Crippen LogP contribution in [0.4, 0.5) is 0 Å². The fourth-order valence-corrected chi connectivity index (χ4v) is 8.51. The van der Waals surface area contributed by atoms with Crippen LogP contribution in [-0.2, 0) is 37.4 Å². The molecule has 0 aromatic carbocycles. The first-order chi connectivity index (χ1) is 23.4. The van der Waals surface area contributed by atoms with E-state index in [0.29, 0.717) is 36.3 Å². The molecule has 0 saturated carbocycles. The molecular weight excluding hydrogens is 645 g/mol. The maximum Gasteiger partial charge on any atom is 0.460 e. The molecule has 4 aliphatic rings. The van der Waals surface area contributed by atoms with E-state index in [1.165, 1.54) is 5.57 Å². The minimum Gasteiger partial charge on any atom is -0.462 e. The molecule has 1 fully saturated rings. The van der Waals surface area contributed by atoms with Gasteiger partial charge in [0.05, 0.1) is 23.5 Å². The molecule has 262 valence electrons. The van der Waals surface area contributed by atoms with Crippen LogP contribution < -0.4 is 0 Å². The van der Waals surface area contributed by atoms with Crippen LogP contribution in [0.25, 0.3) is 0 Å². The zero-order chi connectivity index (χ0) is 34.8. The fourth-order valence-electron chi connectivity index (χ4n) is 7.04. The van der Waals surface area contributed by atoms with Crippen LogP contribution >= 0.6 is 7.75 Å². The van der Waals surface area contributed by atoms with E-state index < -0.39 is 37.6 Å². The van der Waals surface area contributed by atoms with Crippen LogP contribution in [0.15, 0.2) is 77.6 Å². The highest BCUT2D eigenvalue weighted by molar-refractivity contribution is 7.52. The lowest BCUT2D eigenvalue weighted by atomic mass is 9.65. The molecule has 3 unspecified atom stereocenters. The second kappa shape index (κ2) is 14.7. The molecule has 49 heavy (non-hydrogen) atoms. The van der Waals surface area contributed by atoms with E-state index in [0.717, 1.165) is 12.8 Å². The van der Waals surface area contributed by atoms with Gasteiger partial charge in [0.25, 0.3) is 0 Å². The van der Waals surface area contributed by atoms with Gasteiger partial charge in [0.15, 0.2) is 0 Å². The number of ether oxygens (including phenoxy) is 3. The summed E-state index contributed by atoms with van der Waals surface area (Å²) in [6.07, 6.45) is 13.5. The zero-order valence-electron chi connectivity index (χ0n) is 28.8. The highest BCUT2D eigenvalue weighted by atomic mass is 31.2. The summed E-state index contributed by atoms with van der Waals surface area (Å²) in [6.45, 7) is 10.2. The molecule has 6 rings (SSSR count). The number of hydrogen-bond acceptors (Lipinski definition) is 10. The van der Waals surface area contributed by atoms with E-state index in [-0.39, 0.29) is 42.1 Å². The first-order valence-corrected chi connectivity index (χ1v) is 18.8. The Kier molecular flexibility index (Phi) is 10.5. The van der Waals surface area contributed by atoms with Crippen molar-refractivity contribution in [2.24, 2.45) is 33.8 Å². The van der Waals surface area contributed by atoms with Gasteiger partial charge in [0.2, 0.25) is 12.2 Å². The van der Waals surface area contributed by atoms with Crippen molar-refractivity contribution in [3.63, 3.8) is 0 Å². The summed E-state index contributed by atoms with van der Waals surface area (Å²) in [5.74, 6) is 0.219. The Morgan fingerprint density at radius 3 is 2.55 bits per heavy atom. The van der Waals surface area contributed by atoms with Gasteiger partial charge in [0, 0.05) is 42.7 Å². The number of cyclic esters (lactones) is 1. The average molecular weight is 692 g/mol. The van der Waals surface area contributed by atoms with Gasteiger partial charge in [-0.05, 0) is 87.1 Å². The van der Waals surface area contributed by atoms with Crippen LogP contribution in [0.5, 0.6) is 0 Å². The monoisotopic (exact) mass is 691 g/mol. The molecule has 0 bridgehead atoms. The molecule has 4 heterocycles. The Morgan fingerprint density at radius 2 is 1.84 bits per heavy atom. The second-order valence-corrected chi connectivity index (χ2v) is 15.8. The van der Waals surface area contributed by atoms with Crippen molar-refractivity contribution < 1.29 is 37.4 Å². The number of allylic oxidation sites excluding steroid dienone is 3. The number of hydrogen-bond donors (Lipinski definition) is 0. The maximum absolute atomic E-state index is 14.2. The lowest BCUT2D eigenvalue weighted by molar-refractivity contribution is -0.166. The SMILES string of the molecule is CCC(C)(C)C(=O)O[C@H]1C[C@@H](C)C=C2C=C[C@H](C)[C@H](CC[C@H]3C[C@@H](OP4(=O)N=C(c5cccnc5)OC(c5cccnc5)O4)CC(=O)O3)C21. The Balaban J connectivity index is 1.17. The van der Waals surface area contributed by atoms with Gasteiger partial charge < -0.3 is 14.2 Å². The van der Waals surface area contributed by atoms with Crippen molar-refractivity contribution in [3.8, 4) is 0 Å². The van der Waals surface area contributed by atoms with Crippen LogP contribution in [0.1, 0.15) is 90.6 Å². The van der Waals surface area contributed by atoms with E-state index in [2.05, 4.69) is 46.8 Å². The van der Waals surface area contributed by atoms with Gasteiger partial charge in [-0.3, -0.25) is 24.1 Å². The summed E-state index contributed by atoms with van der Waals surface area (Å²) in [5, 5.41) is 0. The molecule has 0 spiro atoms. The van der Waals surface area contributed by atoms with Crippen molar-refractivity contribution in [2.45, 2.75) is 97.7 Å². The lowest BCUT2D eigenvalue weighted by Crippen LogP contribution is -2.43. The molecule has 0 radical (unpaired) electrons. The minimum atomic E-state index is -4.16. The summed E-state index contributed by atoms with van der Waals surface area (Å²) in [6, 6.07) is 6.92. The van der Waals surface area contributed by atoms with Gasteiger partial charge in [-0.1, -0.05) is 39.0 Å². The third-order valence-corrected chi connectivity index (χ3v) is 11.6.